The maximum absolute atomic E-state index is 12.0. The third kappa shape index (κ3) is 3.02. The summed E-state index contributed by atoms with van der Waals surface area (Å²) in [6.45, 7) is 6.20. The fourth-order valence-corrected chi connectivity index (χ4v) is 2.10. The van der Waals surface area contributed by atoms with E-state index >= 15 is 0 Å². The summed E-state index contributed by atoms with van der Waals surface area (Å²) in [6, 6.07) is 8.18. The van der Waals surface area contributed by atoms with Gasteiger partial charge in [-0.3, -0.25) is 4.79 Å². The van der Waals surface area contributed by atoms with E-state index in [0.29, 0.717) is 23.6 Å². The van der Waals surface area contributed by atoms with Crippen molar-refractivity contribution in [3.05, 3.63) is 52.4 Å². The van der Waals surface area contributed by atoms with E-state index in [1.807, 2.05) is 12.1 Å². The summed E-state index contributed by atoms with van der Waals surface area (Å²) in [7, 11) is 0. The zero-order valence-corrected chi connectivity index (χ0v) is 11.5. The van der Waals surface area contributed by atoms with E-state index in [-0.39, 0.29) is 5.91 Å². The summed E-state index contributed by atoms with van der Waals surface area (Å²) in [5, 5.41) is 6.69. The summed E-state index contributed by atoms with van der Waals surface area (Å²) in [5.74, 6) is 0.440. The molecular weight excluding hydrogens is 240 g/mol. The van der Waals surface area contributed by atoms with Gasteiger partial charge in [-0.15, -0.1) is 0 Å². The fourth-order valence-electron chi connectivity index (χ4n) is 2.10. The van der Waals surface area contributed by atoms with E-state index in [1.54, 1.807) is 13.8 Å². The number of rotatable bonds is 4. The summed E-state index contributed by atoms with van der Waals surface area (Å²) in [4.78, 5) is 12.0. The van der Waals surface area contributed by atoms with Gasteiger partial charge in [0, 0.05) is 6.54 Å². The molecular formula is C15H18N2O2. The second-order valence-corrected chi connectivity index (χ2v) is 4.63. The molecule has 0 radical (unpaired) electrons. The molecule has 0 fully saturated rings. The standard InChI is InChI=1S/C15H18N2O2/c1-10-6-4-5-7-13(10)8-9-16-15(18)14-11(2)17-19-12(14)3/h4-7H,8-9H2,1-3H3,(H,16,18). The van der Waals surface area contributed by atoms with Gasteiger partial charge in [0.05, 0.1) is 5.69 Å². The number of aromatic nitrogens is 1. The molecule has 0 aliphatic heterocycles. The van der Waals surface area contributed by atoms with Gasteiger partial charge in [0.2, 0.25) is 0 Å². The Balaban J connectivity index is 1.93. The van der Waals surface area contributed by atoms with Crippen LogP contribution < -0.4 is 5.32 Å². The van der Waals surface area contributed by atoms with Gasteiger partial charge in [-0.2, -0.15) is 0 Å². The van der Waals surface area contributed by atoms with Crippen LogP contribution in [-0.4, -0.2) is 17.6 Å². The van der Waals surface area contributed by atoms with Gasteiger partial charge in [-0.25, -0.2) is 0 Å². The van der Waals surface area contributed by atoms with E-state index in [1.165, 1.54) is 11.1 Å². The van der Waals surface area contributed by atoms with Crippen LogP contribution in [0, 0.1) is 20.8 Å². The number of hydrogen-bond donors (Lipinski definition) is 1. The maximum Gasteiger partial charge on any atom is 0.256 e. The lowest BCUT2D eigenvalue weighted by Gasteiger charge is -2.07. The third-order valence-corrected chi connectivity index (χ3v) is 3.20. The number of nitrogens with zero attached hydrogens (tertiary/aromatic N) is 1. The molecule has 1 aromatic carbocycles. The van der Waals surface area contributed by atoms with Crippen molar-refractivity contribution >= 4 is 5.91 Å². The summed E-state index contributed by atoms with van der Waals surface area (Å²) in [5.41, 5.74) is 3.67. The monoisotopic (exact) mass is 258 g/mol. The Labute approximate surface area is 112 Å². The molecule has 19 heavy (non-hydrogen) atoms. The van der Waals surface area contributed by atoms with Crippen LogP contribution in [0.4, 0.5) is 0 Å². The van der Waals surface area contributed by atoms with Crippen molar-refractivity contribution < 1.29 is 9.32 Å². The second-order valence-electron chi connectivity index (χ2n) is 4.63. The number of carbonyl (C=O) groups is 1. The SMILES string of the molecule is Cc1ccccc1CCNC(=O)c1c(C)noc1C. The number of amides is 1. The van der Waals surface area contributed by atoms with Gasteiger partial charge in [-0.05, 0) is 38.3 Å². The van der Waals surface area contributed by atoms with Crippen LogP contribution in [0.5, 0.6) is 0 Å². The highest BCUT2D eigenvalue weighted by Gasteiger charge is 2.16. The minimum Gasteiger partial charge on any atom is -0.361 e. The Morgan fingerprint density at radius 2 is 2.00 bits per heavy atom. The van der Waals surface area contributed by atoms with Crippen LogP contribution >= 0.6 is 0 Å². The first-order valence-electron chi connectivity index (χ1n) is 6.35. The molecule has 1 amide bonds. The highest BCUT2D eigenvalue weighted by Crippen LogP contribution is 2.12. The van der Waals surface area contributed by atoms with Crippen molar-refractivity contribution in [3.63, 3.8) is 0 Å². The summed E-state index contributed by atoms with van der Waals surface area (Å²) < 4.78 is 4.99. The molecule has 0 aliphatic rings. The normalized spacial score (nSPS) is 10.5. The minimum absolute atomic E-state index is 0.121. The molecule has 0 saturated heterocycles. The first-order chi connectivity index (χ1) is 9.09. The summed E-state index contributed by atoms with van der Waals surface area (Å²) >= 11 is 0. The van der Waals surface area contributed by atoms with Crippen molar-refractivity contribution in [2.75, 3.05) is 6.54 Å². The van der Waals surface area contributed by atoms with E-state index < -0.39 is 0 Å². The Bertz CT molecular complexity index is 568. The van der Waals surface area contributed by atoms with Crippen LogP contribution in [0.3, 0.4) is 0 Å². The molecule has 0 saturated carbocycles. The van der Waals surface area contributed by atoms with Gasteiger partial charge >= 0.3 is 0 Å². The summed E-state index contributed by atoms with van der Waals surface area (Å²) in [6.07, 6.45) is 0.821. The predicted molar refractivity (Wildman–Crippen MR) is 73.2 cm³/mol. The third-order valence-electron chi connectivity index (χ3n) is 3.20. The van der Waals surface area contributed by atoms with Gasteiger partial charge in [0.15, 0.2) is 0 Å². The number of benzene rings is 1. The molecule has 2 aromatic rings. The van der Waals surface area contributed by atoms with Gasteiger partial charge in [-0.1, -0.05) is 29.4 Å². The highest BCUT2D eigenvalue weighted by atomic mass is 16.5. The van der Waals surface area contributed by atoms with Crippen LogP contribution in [0.1, 0.15) is 32.9 Å². The number of aryl methyl sites for hydroxylation is 3. The van der Waals surface area contributed by atoms with Gasteiger partial charge in [0.1, 0.15) is 11.3 Å². The topological polar surface area (TPSA) is 55.1 Å². The lowest BCUT2D eigenvalue weighted by molar-refractivity contribution is 0.0952. The quantitative estimate of drug-likeness (QED) is 0.917. The molecule has 1 aromatic heterocycles. The molecule has 0 bridgehead atoms. The fraction of sp³-hybridized carbons (Fsp3) is 0.333. The molecule has 2 rings (SSSR count). The minimum atomic E-state index is -0.121. The average molecular weight is 258 g/mol. The molecule has 0 atom stereocenters. The predicted octanol–water partition coefficient (Wildman–Crippen LogP) is 2.57. The van der Waals surface area contributed by atoms with Crippen molar-refractivity contribution in [1.29, 1.82) is 0 Å². The molecule has 100 valence electrons. The molecule has 1 N–H and O–H groups in total. The molecule has 4 nitrogen and oxygen atoms in total. The van der Waals surface area contributed by atoms with Crippen LogP contribution in [0.25, 0.3) is 0 Å². The molecule has 0 unspecified atom stereocenters. The zero-order chi connectivity index (χ0) is 13.8. The van der Waals surface area contributed by atoms with E-state index in [4.69, 9.17) is 4.52 Å². The molecule has 0 spiro atoms. The molecule has 0 aliphatic carbocycles. The second kappa shape index (κ2) is 5.69. The highest BCUT2D eigenvalue weighted by molar-refractivity contribution is 5.96. The first-order valence-corrected chi connectivity index (χ1v) is 6.35. The Morgan fingerprint density at radius 3 is 2.63 bits per heavy atom. The first kappa shape index (κ1) is 13.3. The lowest BCUT2D eigenvalue weighted by Crippen LogP contribution is -2.26. The lowest BCUT2D eigenvalue weighted by atomic mass is 10.1. The van der Waals surface area contributed by atoms with E-state index in [9.17, 15) is 4.79 Å². The Morgan fingerprint density at radius 1 is 1.26 bits per heavy atom. The molecule has 4 heteroatoms. The molecule has 1 heterocycles. The average Bonchev–Trinajstić information content (AvgIpc) is 2.71. The zero-order valence-electron chi connectivity index (χ0n) is 11.5. The number of carbonyl (C=O) groups excluding carboxylic acids is 1. The van der Waals surface area contributed by atoms with E-state index in [2.05, 4.69) is 29.5 Å². The van der Waals surface area contributed by atoms with Crippen molar-refractivity contribution in [1.82, 2.24) is 10.5 Å². The largest absolute Gasteiger partial charge is 0.361 e. The Kier molecular flexibility index (Phi) is 4.00. The Hall–Kier alpha value is -2.10. The van der Waals surface area contributed by atoms with Crippen molar-refractivity contribution in [2.24, 2.45) is 0 Å². The smallest absolute Gasteiger partial charge is 0.256 e. The van der Waals surface area contributed by atoms with Crippen LogP contribution in [0.15, 0.2) is 28.8 Å². The number of hydrogen-bond acceptors (Lipinski definition) is 3. The maximum atomic E-state index is 12.0. The van der Waals surface area contributed by atoms with Gasteiger partial charge in [0.25, 0.3) is 5.91 Å². The van der Waals surface area contributed by atoms with Crippen LogP contribution in [-0.2, 0) is 6.42 Å². The van der Waals surface area contributed by atoms with E-state index in [0.717, 1.165) is 6.42 Å². The van der Waals surface area contributed by atoms with Crippen molar-refractivity contribution in [3.8, 4) is 0 Å². The van der Waals surface area contributed by atoms with Gasteiger partial charge < -0.3 is 9.84 Å². The van der Waals surface area contributed by atoms with Crippen LogP contribution in [0.2, 0.25) is 0 Å². The van der Waals surface area contributed by atoms with Crippen molar-refractivity contribution in [2.45, 2.75) is 27.2 Å². The number of nitrogens with one attached hydrogen (secondary N) is 1.